The number of hydrogen-bond acceptors (Lipinski definition) is 4. The molecule has 1 aromatic heterocycles. The molecule has 3 rings (SSSR count). The van der Waals surface area contributed by atoms with Crippen LogP contribution in [-0.4, -0.2) is 28.4 Å². The number of hydrogen-bond donors (Lipinski definition) is 1. The molecule has 0 radical (unpaired) electrons. The maximum atomic E-state index is 12.6. The molecule has 5 heteroatoms. The average molecular weight is 279 g/mol. The van der Waals surface area contributed by atoms with Gasteiger partial charge in [0.05, 0.1) is 6.04 Å². The molecule has 1 aliphatic carbocycles. The van der Waals surface area contributed by atoms with Crippen LogP contribution >= 0.6 is 11.3 Å². The van der Waals surface area contributed by atoms with Crippen LogP contribution in [0.25, 0.3) is 0 Å². The van der Waals surface area contributed by atoms with Crippen LogP contribution in [0.1, 0.15) is 60.6 Å². The molecular weight excluding hydrogens is 258 g/mol. The number of aromatic nitrogens is 1. The Morgan fingerprint density at radius 3 is 3.00 bits per heavy atom. The van der Waals surface area contributed by atoms with Gasteiger partial charge in [0.15, 0.2) is 0 Å². The number of nitrogens with two attached hydrogens (primary N) is 1. The lowest BCUT2D eigenvalue weighted by Gasteiger charge is -2.37. The molecule has 1 amide bonds. The summed E-state index contributed by atoms with van der Waals surface area (Å²) < 4.78 is 0. The lowest BCUT2D eigenvalue weighted by atomic mass is 9.92. The maximum Gasteiger partial charge on any atom is 0.273 e. The van der Waals surface area contributed by atoms with Crippen LogP contribution in [0.3, 0.4) is 0 Å². The molecule has 1 aromatic rings. The third-order valence-corrected chi connectivity index (χ3v) is 5.43. The number of carbonyl (C=O) groups is 1. The van der Waals surface area contributed by atoms with Crippen LogP contribution in [0.2, 0.25) is 0 Å². The minimum atomic E-state index is -0.0906. The third-order valence-electron chi connectivity index (χ3n) is 4.38. The van der Waals surface area contributed by atoms with Gasteiger partial charge in [-0.3, -0.25) is 4.79 Å². The predicted octanol–water partition coefficient (Wildman–Crippen LogP) is 2.57. The highest BCUT2D eigenvalue weighted by Crippen LogP contribution is 2.37. The van der Waals surface area contributed by atoms with Gasteiger partial charge in [-0.05, 0) is 38.5 Å². The zero-order chi connectivity index (χ0) is 13.4. The molecule has 2 fully saturated rings. The van der Waals surface area contributed by atoms with Crippen molar-refractivity contribution in [1.29, 1.82) is 0 Å². The maximum absolute atomic E-state index is 12.6. The molecule has 2 aliphatic rings. The zero-order valence-corrected chi connectivity index (χ0v) is 12.2. The molecule has 2 N–H and O–H groups in total. The third kappa shape index (κ3) is 2.41. The van der Waals surface area contributed by atoms with E-state index in [1.165, 1.54) is 37.0 Å². The average Bonchev–Trinajstić information content (AvgIpc) is 3.06. The van der Waals surface area contributed by atoms with Crippen molar-refractivity contribution in [2.24, 2.45) is 11.7 Å². The van der Waals surface area contributed by atoms with Gasteiger partial charge < -0.3 is 10.6 Å². The van der Waals surface area contributed by atoms with Crippen molar-refractivity contribution in [3.8, 4) is 0 Å². The first-order chi connectivity index (χ1) is 9.16. The minimum absolute atomic E-state index is 0.0906. The van der Waals surface area contributed by atoms with E-state index in [0.29, 0.717) is 11.7 Å². The largest absolute Gasteiger partial charge is 0.334 e. The molecule has 4 nitrogen and oxygen atoms in total. The fourth-order valence-corrected chi connectivity index (χ4v) is 4.20. The van der Waals surface area contributed by atoms with Gasteiger partial charge in [-0.25, -0.2) is 4.98 Å². The second-order valence-corrected chi connectivity index (χ2v) is 6.65. The second-order valence-electron chi connectivity index (χ2n) is 5.76. The summed E-state index contributed by atoms with van der Waals surface area (Å²) in [5.41, 5.74) is 6.40. The summed E-state index contributed by atoms with van der Waals surface area (Å²) in [5, 5.41) is 2.71. The molecular formula is C14H21N3OS. The number of likely N-dealkylation sites (tertiary alicyclic amines) is 1. The Balaban J connectivity index is 1.78. The van der Waals surface area contributed by atoms with Crippen molar-refractivity contribution in [2.75, 3.05) is 6.54 Å². The molecule has 0 bridgehead atoms. The van der Waals surface area contributed by atoms with E-state index >= 15 is 0 Å². The van der Waals surface area contributed by atoms with Crippen LogP contribution in [0.5, 0.6) is 0 Å². The number of piperidine rings is 1. The summed E-state index contributed by atoms with van der Waals surface area (Å²) in [5.74, 6) is 0.837. The zero-order valence-electron chi connectivity index (χ0n) is 11.3. The Bertz CT molecular complexity index is 471. The molecule has 1 aliphatic heterocycles. The van der Waals surface area contributed by atoms with Crippen molar-refractivity contribution in [2.45, 2.75) is 51.1 Å². The van der Waals surface area contributed by atoms with Crippen molar-refractivity contribution in [1.82, 2.24) is 9.88 Å². The van der Waals surface area contributed by atoms with Gasteiger partial charge >= 0.3 is 0 Å². The highest BCUT2D eigenvalue weighted by Gasteiger charge is 2.38. The monoisotopic (exact) mass is 279 g/mol. The lowest BCUT2D eigenvalue weighted by molar-refractivity contribution is 0.0543. The highest BCUT2D eigenvalue weighted by molar-refractivity contribution is 7.09. The van der Waals surface area contributed by atoms with Crippen LogP contribution in [0, 0.1) is 5.92 Å². The number of carbonyl (C=O) groups excluding carboxylic acids is 1. The first kappa shape index (κ1) is 13.1. The Morgan fingerprint density at radius 1 is 1.47 bits per heavy atom. The Hall–Kier alpha value is -0.940. The minimum Gasteiger partial charge on any atom is -0.334 e. The number of rotatable bonds is 2. The number of thiazole rings is 1. The summed E-state index contributed by atoms with van der Waals surface area (Å²) in [6.07, 6.45) is 6.15. The Labute approximate surface area is 118 Å². The molecule has 2 heterocycles. The highest BCUT2D eigenvalue weighted by atomic mass is 32.1. The van der Waals surface area contributed by atoms with E-state index in [9.17, 15) is 4.79 Å². The SMILES string of the molecule is CC(N)c1nc(C(=O)N2CCCC3CCCC32)cs1. The van der Waals surface area contributed by atoms with Crippen LogP contribution in [-0.2, 0) is 0 Å². The first-order valence-corrected chi connectivity index (χ1v) is 8.06. The van der Waals surface area contributed by atoms with E-state index in [0.717, 1.165) is 23.9 Å². The molecule has 0 aromatic carbocycles. The summed E-state index contributed by atoms with van der Waals surface area (Å²) in [6, 6.07) is 0.369. The van der Waals surface area contributed by atoms with Crippen molar-refractivity contribution in [3.05, 3.63) is 16.1 Å². The van der Waals surface area contributed by atoms with Gasteiger partial charge in [0, 0.05) is 18.0 Å². The van der Waals surface area contributed by atoms with Crippen LogP contribution in [0.4, 0.5) is 0 Å². The molecule has 1 saturated carbocycles. The molecule has 3 atom stereocenters. The van der Waals surface area contributed by atoms with Crippen molar-refractivity contribution >= 4 is 17.2 Å². The van der Waals surface area contributed by atoms with Gasteiger partial charge in [0.1, 0.15) is 10.7 Å². The smallest absolute Gasteiger partial charge is 0.273 e. The summed E-state index contributed by atoms with van der Waals surface area (Å²) in [7, 11) is 0. The molecule has 1 saturated heterocycles. The van der Waals surface area contributed by atoms with Gasteiger partial charge in [-0.2, -0.15) is 0 Å². The number of amides is 1. The Kier molecular flexibility index (Phi) is 3.58. The van der Waals surface area contributed by atoms with Crippen LogP contribution in [0.15, 0.2) is 5.38 Å². The van der Waals surface area contributed by atoms with Gasteiger partial charge in [0.2, 0.25) is 0 Å². The van der Waals surface area contributed by atoms with E-state index in [-0.39, 0.29) is 11.9 Å². The van der Waals surface area contributed by atoms with E-state index in [1.807, 2.05) is 12.3 Å². The summed E-state index contributed by atoms with van der Waals surface area (Å²) in [4.78, 5) is 19.1. The summed E-state index contributed by atoms with van der Waals surface area (Å²) >= 11 is 1.49. The van der Waals surface area contributed by atoms with Crippen molar-refractivity contribution < 1.29 is 4.79 Å². The second kappa shape index (κ2) is 5.21. The first-order valence-electron chi connectivity index (χ1n) is 7.19. The Morgan fingerprint density at radius 2 is 2.26 bits per heavy atom. The molecule has 19 heavy (non-hydrogen) atoms. The van der Waals surface area contributed by atoms with E-state index in [1.54, 1.807) is 0 Å². The predicted molar refractivity (Wildman–Crippen MR) is 76.1 cm³/mol. The summed E-state index contributed by atoms with van der Waals surface area (Å²) in [6.45, 7) is 2.80. The molecule has 3 unspecified atom stereocenters. The van der Waals surface area contributed by atoms with Gasteiger partial charge in [-0.15, -0.1) is 11.3 Å². The van der Waals surface area contributed by atoms with Crippen molar-refractivity contribution in [3.63, 3.8) is 0 Å². The number of fused-ring (bicyclic) bond motifs is 1. The topological polar surface area (TPSA) is 59.2 Å². The van der Waals surface area contributed by atoms with Gasteiger partial charge in [0.25, 0.3) is 5.91 Å². The normalized spacial score (nSPS) is 28.2. The van der Waals surface area contributed by atoms with E-state index in [4.69, 9.17) is 5.73 Å². The molecule has 0 spiro atoms. The number of nitrogens with zero attached hydrogens (tertiary/aromatic N) is 2. The standard InChI is InChI=1S/C14H21N3OS/c1-9(15)13-16-11(8-19-13)14(18)17-7-3-5-10-4-2-6-12(10)17/h8-10,12H,2-7,15H2,1H3. The fourth-order valence-electron chi connectivity index (χ4n) is 3.45. The van der Waals surface area contributed by atoms with E-state index in [2.05, 4.69) is 9.88 Å². The van der Waals surface area contributed by atoms with Gasteiger partial charge in [-0.1, -0.05) is 6.42 Å². The quantitative estimate of drug-likeness (QED) is 0.905. The van der Waals surface area contributed by atoms with Crippen LogP contribution < -0.4 is 5.73 Å². The lowest BCUT2D eigenvalue weighted by Crippen LogP contribution is -2.46. The fraction of sp³-hybridized carbons (Fsp3) is 0.714. The van der Waals surface area contributed by atoms with E-state index < -0.39 is 0 Å². The molecule has 104 valence electrons.